The van der Waals surface area contributed by atoms with Crippen LogP contribution in [0.3, 0.4) is 0 Å². The molecule has 0 radical (unpaired) electrons. The quantitative estimate of drug-likeness (QED) is 0.462. The average molecular weight is 479 g/mol. The second-order valence-corrected chi connectivity index (χ2v) is 14.1. The van der Waals surface area contributed by atoms with Crippen LogP contribution in [0, 0.1) is 46.3 Å². The van der Waals surface area contributed by atoms with Gasteiger partial charge in [0, 0.05) is 16.3 Å². The lowest BCUT2D eigenvalue weighted by Crippen LogP contribution is -2.52. The summed E-state index contributed by atoms with van der Waals surface area (Å²) in [5.74, 6) is 4.98. The molecule has 1 aromatic rings. The molecular formula is C29H38N2O2S. The van der Waals surface area contributed by atoms with Crippen molar-refractivity contribution in [3.63, 3.8) is 0 Å². The van der Waals surface area contributed by atoms with E-state index in [1.54, 1.807) is 11.8 Å². The first-order valence-corrected chi connectivity index (χ1v) is 14.9. The molecule has 0 aliphatic heterocycles. The zero-order valence-corrected chi connectivity index (χ0v) is 21.2. The largest absolute Gasteiger partial charge is 0.325 e. The van der Waals surface area contributed by atoms with Gasteiger partial charge in [0.25, 0.3) is 0 Å². The molecule has 0 unspecified atom stereocenters. The first kappa shape index (κ1) is 21.8. The highest BCUT2D eigenvalue weighted by molar-refractivity contribution is 7.98. The molecule has 0 saturated heterocycles. The Balaban J connectivity index is 1.10. The summed E-state index contributed by atoms with van der Waals surface area (Å²) in [5.41, 5.74) is 1.36. The number of nitrogens with one attached hydrogen (secondary N) is 2. The van der Waals surface area contributed by atoms with Crippen molar-refractivity contribution in [3.8, 4) is 0 Å². The van der Waals surface area contributed by atoms with E-state index in [2.05, 4.69) is 29.0 Å². The molecule has 9 rings (SSSR count). The molecule has 8 saturated carbocycles. The van der Waals surface area contributed by atoms with Crippen LogP contribution in [0.15, 0.2) is 23.1 Å². The first-order chi connectivity index (χ1) is 16.4. The van der Waals surface area contributed by atoms with E-state index in [4.69, 9.17) is 0 Å². The van der Waals surface area contributed by atoms with Crippen molar-refractivity contribution < 1.29 is 9.59 Å². The Morgan fingerprint density at radius 3 is 1.26 bits per heavy atom. The van der Waals surface area contributed by atoms with Crippen molar-refractivity contribution in [3.05, 3.63) is 18.2 Å². The van der Waals surface area contributed by atoms with Crippen molar-refractivity contribution in [1.29, 1.82) is 0 Å². The molecule has 0 spiro atoms. The average Bonchev–Trinajstić information content (AvgIpc) is 2.77. The molecule has 0 atom stereocenters. The number of rotatable bonds is 5. The van der Waals surface area contributed by atoms with E-state index in [1.165, 1.54) is 38.5 Å². The molecule has 5 heteroatoms. The molecule has 8 fully saturated rings. The number of amides is 2. The summed E-state index contributed by atoms with van der Waals surface area (Å²) in [4.78, 5) is 28.3. The molecule has 8 bridgehead atoms. The Kier molecular flexibility index (Phi) is 4.96. The summed E-state index contributed by atoms with van der Waals surface area (Å²) >= 11 is 1.67. The van der Waals surface area contributed by atoms with E-state index >= 15 is 0 Å². The Hall–Kier alpha value is -1.49. The van der Waals surface area contributed by atoms with E-state index in [-0.39, 0.29) is 22.6 Å². The molecule has 182 valence electrons. The van der Waals surface area contributed by atoms with Gasteiger partial charge in [0.15, 0.2) is 0 Å². The van der Waals surface area contributed by atoms with Crippen LogP contribution in [0.25, 0.3) is 0 Å². The van der Waals surface area contributed by atoms with Gasteiger partial charge < -0.3 is 10.6 Å². The normalized spacial score (nSPS) is 43.2. The maximum atomic E-state index is 13.6. The van der Waals surface area contributed by atoms with E-state index < -0.39 is 0 Å². The van der Waals surface area contributed by atoms with Gasteiger partial charge in [0.2, 0.25) is 11.8 Å². The summed E-state index contributed by atoms with van der Waals surface area (Å²) in [7, 11) is 0. The number of anilines is 2. The van der Waals surface area contributed by atoms with Crippen molar-refractivity contribution in [2.45, 2.75) is 81.9 Å². The van der Waals surface area contributed by atoms with Crippen LogP contribution in [0.1, 0.15) is 77.0 Å². The lowest BCUT2D eigenvalue weighted by Gasteiger charge is -2.55. The third-order valence-electron chi connectivity index (χ3n) is 10.7. The molecule has 0 aromatic heterocycles. The number of benzene rings is 1. The van der Waals surface area contributed by atoms with Crippen molar-refractivity contribution >= 4 is 35.0 Å². The molecule has 1 aromatic carbocycles. The number of carbonyl (C=O) groups is 2. The van der Waals surface area contributed by atoms with Gasteiger partial charge >= 0.3 is 0 Å². The summed E-state index contributed by atoms with van der Waals surface area (Å²) < 4.78 is 0. The molecule has 0 heterocycles. The van der Waals surface area contributed by atoms with Gasteiger partial charge in [-0.05, 0) is 137 Å². The van der Waals surface area contributed by atoms with Gasteiger partial charge in [-0.15, -0.1) is 11.8 Å². The summed E-state index contributed by atoms with van der Waals surface area (Å²) in [6.45, 7) is 0. The SMILES string of the molecule is CSc1cc(NC(=O)C23CC4CC(CC(C4)C2)C3)cc(NC(=O)C23CC4CC(CC(C4)C2)C3)c1. The Morgan fingerprint density at radius 2 is 0.971 bits per heavy atom. The fourth-order valence-electron chi connectivity index (χ4n) is 10.2. The fourth-order valence-corrected chi connectivity index (χ4v) is 10.7. The van der Waals surface area contributed by atoms with Gasteiger partial charge in [0.1, 0.15) is 0 Å². The molecule has 2 N–H and O–H groups in total. The van der Waals surface area contributed by atoms with Gasteiger partial charge in [-0.25, -0.2) is 0 Å². The lowest BCUT2D eigenvalue weighted by atomic mass is 9.49. The van der Waals surface area contributed by atoms with Crippen LogP contribution in [-0.2, 0) is 9.59 Å². The molecule has 34 heavy (non-hydrogen) atoms. The number of carbonyl (C=O) groups excluding carboxylic acids is 2. The maximum absolute atomic E-state index is 13.6. The Bertz CT molecular complexity index is 886. The minimum Gasteiger partial charge on any atom is -0.325 e. The minimum atomic E-state index is -0.160. The Labute approximate surface area is 207 Å². The predicted molar refractivity (Wildman–Crippen MR) is 137 cm³/mol. The zero-order valence-electron chi connectivity index (χ0n) is 20.4. The Morgan fingerprint density at radius 1 is 0.647 bits per heavy atom. The molecule has 8 aliphatic rings. The lowest BCUT2D eigenvalue weighted by molar-refractivity contribution is -0.140. The van der Waals surface area contributed by atoms with E-state index in [0.29, 0.717) is 0 Å². The monoisotopic (exact) mass is 478 g/mol. The second-order valence-electron chi connectivity index (χ2n) is 13.3. The van der Waals surface area contributed by atoms with E-state index in [9.17, 15) is 9.59 Å². The van der Waals surface area contributed by atoms with Crippen molar-refractivity contribution in [2.75, 3.05) is 16.9 Å². The van der Waals surface area contributed by atoms with Crippen molar-refractivity contribution in [1.82, 2.24) is 0 Å². The van der Waals surface area contributed by atoms with Crippen LogP contribution in [0.2, 0.25) is 0 Å². The highest BCUT2D eigenvalue weighted by atomic mass is 32.2. The first-order valence-electron chi connectivity index (χ1n) is 13.7. The van der Waals surface area contributed by atoms with Crippen LogP contribution < -0.4 is 10.6 Å². The number of hydrogen-bond donors (Lipinski definition) is 2. The van der Waals surface area contributed by atoms with Gasteiger partial charge in [-0.3, -0.25) is 9.59 Å². The van der Waals surface area contributed by atoms with Crippen molar-refractivity contribution in [2.24, 2.45) is 46.3 Å². The molecule has 4 nitrogen and oxygen atoms in total. The fraction of sp³-hybridized carbons (Fsp3) is 0.724. The van der Waals surface area contributed by atoms with Gasteiger partial charge in [-0.1, -0.05) is 0 Å². The van der Waals surface area contributed by atoms with E-state index in [0.717, 1.165) is 90.3 Å². The summed E-state index contributed by atoms with van der Waals surface area (Å²) in [5, 5.41) is 6.64. The van der Waals surface area contributed by atoms with Crippen LogP contribution in [0.5, 0.6) is 0 Å². The second kappa shape index (κ2) is 7.75. The standard InChI is InChI=1S/C29H38N2O2S/c1-34-25-9-23(30-26(32)28-11-17-2-18(12-28)4-19(3-17)13-28)8-24(10-25)31-27(33)29-14-20-5-21(15-29)7-22(6-20)16-29/h8-10,17-22H,2-7,11-16H2,1H3,(H,30,32)(H,31,33). The smallest absolute Gasteiger partial charge is 0.230 e. The molecular weight excluding hydrogens is 440 g/mol. The molecule has 2 amide bonds. The highest BCUT2D eigenvalue weighted by Gasteiger charge is 2.55. The third-order valence-corrected chi connectivity index (χ3v) is 11.4. The van der Waals surface area contributed by atoms with Crippen LogP contribution in [-0.4, -0.2) is 18.1 Å². The maximum Gasteiger partial charge on any atom is 0.230 e. The third kappa shape index (κ3) is 3.55. The summed E-state index contributed by atoms with van der Waals surface area (Å²) in [6, 6.07) is 6.14. The van der Waals surface area contributed by atoms with Crippen LogP contribution in [0.4, 0.5) is 11.4 Å². The zero-order chi connectivity index (χ0) is 23.1. The van der Waals surface area contributed by atoms with Gasteiger partial charge in [-0.2, -0.15) is 0 Å². The topological polar surface area (TPSA) is 58.2 Å². The number of hydrogen-bond acceptors (Lipinski definition) is 3. The van der Waals surface area contributed by atoms with Gasteiger partial charge in [0.05, 0.1) is 10.8 Å². The molecule has 8 aliphatic carbocycles. The van der Waals surface area contributed by atoms with E-state index in [1.807, 2.05) is 6.07 Å². The minimum absolute atomic E-state index is 0.160. The predicted octanol–water partition coefficient (Wildman–Crippen LogP) is 6.72. The van der Waals surface area contributed by atoms with Crippen LogP contribution >= 0.6 is 11.8 Å². The number of thioether (sulfide) groups is 1. The highest BCUT2D eigenvalue weighted by Crippen LogP contribution is 2.61. The summed E-state index contributed by atoms with van der Waals surface area (Å²) in [6.07, 6.45) is 16.5.